The van der Waals surface area contributed by atoms with Crippen LogP contribution in [0.3, 0.4) is 0 Å². The summed E-state index contributed by atoms with van der Waals surface area (Å²) in [5.41, 5.74) is 0.860. The first-order chi connectivity index (χ1) is 12.5. The molecule has 0 saturated carbocycles. The first kappa shape index (κ1) is 19.1. The summed E-state index contributed by atoms with van der Waals surface area (Å²) in [7, 11) is 1.54. The zero-order valence-electron chi connectivity index (χ0n) is 14.6. The quantitative estimate of drug-likeness (QED) is 0.714. The van der Waals surface area contributed by atoms with E-state index in [0.29, 0.717) is 17.2 Å². The van der Waals surface area contributed by atoms with E-state index >= 15 is 0 Å². The van der Waals surface area contributed by atoms with E-state index in [9.17, 15) is 9.59 Å². The van der Waals surface area contributed by atoms with Gasteiger partial charge in [-0.2, -0.15) is 0 Å². The number of rotatable bonds is 9. The number of amides is 1. The van der Waals surface area contributed by atoms with Crippen LogP contribution in [-0.2, 0) is 9.59 Å². The molecule has 0 fully saturated rings. The fourth-order valence-corrected chi connectivity index (χ4v) is 2.25. The van der Waals surface area contributed by atoms with Crippen LogP contribution in [0.1, 0.15) is 18.5 Å². The summed E-state index contributed by atoms with van der Waals surface area (Å²) < 4.78 is 15.7. The third kappa shape index (κ3) is 5.70. The molecule has 2 aromatic rings. The number of hydrogen-bond donors (Lipinski definition) is 2. The second-order valence-electron chi connectivity index (χ2n) is 5.48. The van der Waals surface area contributed by atoms with Gasteiger partial charge in [-0.15, -0.1) is 0 Å². The molecule has 2 rings (SSSR count). The fraction of sp³-hybridized carbons (Fsp3) is 0.263. The average molecular weight is 359 g/mol. The molecule has 0 aliphatic rings. The number of para-hydroxylation sites is 2. The minimum absolute atomic E-state index is 0.134. The molecule has 0 bridgehead atoms. The molecule has 7 heteroatoms. The number of carbonyl (C=O) groups excluding carboxylic acids is 1. The molecule has 26 heavy (non-hydrogen) atoms. The van der Waals surface area contributed by atoms with Crippen LogP contribution < -0.4 is 19.5 Å². The van der Waals surface area contributed by atoms with E-state index in [-0.39, 0.29) is 18.6 Å². The van der Waals surface area contributed by atoms with Crippen molar-refractivity contribution in [1.82, 2.24) is 5.32 Å². The third-order valence-corrected chi connectivity index (χ3v) is 3.55. The SMILES string of the molecule is COc1ccccc1OCC(=O)NC(C)c1ccc(OCC(=O)O)cc1. The van der Waals surface area contributed by atoms with Gasteiger partial charge in [0.2, 0.25) is 0 Å². The van der Waals surface area contributed by atoms with Gasteiger partial charge < -0.3 is 24.6 Å². The number of aliphatic carboxylic acids is 1. The second kappa shape index (κ2) is 9.31. The summed E-state index contributed by atoms with van der Waals surface area (Å²) in [6.07, 6.45) is 0. The number of carbonyl (C=O) groups is 2. The van der Waals surface area contributed by atoms with Crippen LogP contribution in [-0.4, -0.2) is 37.3 Å². The van der Waals surface area contributed by atoms with Crippen LogP contribution in [0.4, 0.5) is 0 Å². The van der Waals surface area contributed by atoms with Crippen molar-refractivity contribution in [3.8, 4) is 17.2 Å². The lowest BCUT2D eigenvalue weighted by Gasteiger charge is -2.16. The third-order valence-electron chi connectivity index (χ3n) is 3.55. The van der Waals surface area contributed by atoms with E-state index in [2.05, 4.69) is 5.32 Å². The highest BCUT2D eigenvalue weighted by atomic mass is 16.5. The van der Waals surface area contributed by atoms with Gasteiger partial charge in [-0.05, 0) is 36.8 Å². The van der Waals surface area contributed by atoms with Crippen LogP contribution >= 0.6 is 0 Å². The normalized spacial score (nSPS) is 11.3. The van der Waals surface area contributed by atoms with Crippen LogP contribution in [0, 0.1) is 0 Å². The largest absolute Gasteiger partial charge is 0.493 e. The molecule has 1 atom stereocenters. The molecule has 7 nitrogen and oxygen atoms in total. The molecular weight excluding hydrogens is 338 g/mol. The Kier molecular flexibility index (Phi) is 6.84. The highest BCUT2D eigenvalue weighted by Crippen LogP contribution is 2.25. The molecule has 0 aliphatic carbocycles. The molecule has 1 amide bonds. The number of methoxy groups -OCH3 is 1. The summed E-state index contributed by atoms with van der Waals surface area (Å²) in [6, 6.07) is 13.7. The Morgan fingerprint density at radius 1 is 1.00 bits per heavy atom. The predicted octanol–water partition coefficient (Wildman–Crippen LogP) is 2.41. The van der Waals surface area contributed by atoms with Gasteiger partial charge in [0.15, 0.2) is 24.7 Å². The summed E-state index contributed by atoms with van der Waals surface area (Å²) in [4.78, 5) is 22.6. The molecular formula is C19H21NO6. The monoisotopic (exact) mass is 359 g/mol. The van der Waals surface area contributed by atoms with Gasteiger partial charge in [-0.3, -0.25) is 4.79 Å². The number of ether oxygens (including phenoxy) is 3. The zero-order valence-corrected chi connectivity index (χ0v) is 14.6. The van der Waals surface area contributed by atoms with Gasteiger partial charge in [0.1, 0.15) is 5.75 Å². The number of hydrogen-bond acceptors (Lipinski definition) is 5. The van der Waals surface area contributed by atoms with Gasteiger partial charge in [-0.25, -0.2) is 4.79 Å². The minimum atomic E-state index is -1.04. The molecule has 0 aromatic heterocycles. The van der Waals surface area contributed by atoms with Gasteiger partial charge in [0, 0.05) is 0 Å². The van der Waals surface area contributed by atoms with Gasteiger partial charge in [0.25, 0.3) is 5.91 Å². The minimum Gasteiger partial charge on any atom is -0.493 e. The standard InChI is InChI=1S/C19H21NO6/c1-13(14-7-9-15(10-8-14)25-12-19(22)23)20-18(21)11-26-17-6-4-3-5-16(17)24-2/h3-10,13H,11-12H2,1-2H3,(H,20,21)(H,22,23). The molecule has 0 heterocycles. The van der Waals surface area contributed by atoms with Crippen molar-refractivity contribution < 1.29 is 28.9 Å². The topological polar surface area (TPSA) is 94.1 Å². The molecule has 1 unspecified atom stereocenters. The Hall–Kier alpha value is -3.22. The summed E-state index contributed by atoms with van der Waals surface area (Å²) in [5.74, 6) is 0.205. The molecule has 0 spiro atoms. The maximum absolute atomic E-state index is 12.1. The smallest absolute Gasteiger partial charge is 0.341 e. The van der Waals surface area contributed by atoms with Crippen LogP contribution in [0.2, 0.25) is 0 Å². The Morgan fingerprint density at radius 2 is 1.65 bits per heavy atom. The predicted molar refractivity (Wildman–Crippen MR) is 94.6 cm³/mol. The second-order valence-corrected chi connectivity index (χ2v) is 5.48. The molecule has 138 valence electrons. The Balaban J connectivity index is 1.85. The maximum atomic E-state index is 12.1. The van der Waals surface area contributed by atoms with E-state index in [1.807, 2.05) is 13.0 Å². The van der Waals surface area contributed by atoms with Crippen molar-refractivity contribution in [2.75, 3.05) is 20.3 Å². The van der Waals surface area contributed by atoms with Crippen molar-refractivity contribution in [2.45, 2.75) is 13.0 Å². The zero-order chi connectivity index (χ0) is 18.9. The Bertz CT molecular complexity index is 744. The maximum Gasteiger partial charge on any atom is 0.341 e. The van der Waals surface area contributed by atoms with Crippen LogP contribution in [0.15, 0.2) is 48.5 Å². The van der Waals surface area contributed by atoms with E-state index < -0.39 is 12.6 Å². The molecule has 0 aliphatic heterocycles. The molecule has 2 aromatic carbocycles. The van der Waals surface area contributed by atoms with E-state index in [0.717, 1.165) is 5.56 Å². The van der Waals surface area contributed by atoms with Crippen molar-refractivity contribution in [3.63, 3.8) is 0 Å². The Morgan fingerprint density at radius 3 is 2.27 bits per heavy atom. The highest BCUT2D eigenvalue weighted by Gasteiger charge is 2.12. The lowest BCUT2D eigenvalue weighted by atomic mass is 10.1. The van der Waals surface area contributed by atoms with Gasteiger partial charge in [0.05, 0.1) is 13.2 Å². The summed E-state index contributed by atoms with van der Waals surface area (Å²) >= 11 is 0. The lowest BCUT2D eigenvalue weighted by molar-refractivity contribution is -0.139. The van der Waals surface area contributed by atoms with Gasteiger partial charge in [-0.1, -0.05) is 24.3 Å². The number of carboxylic acids is 1. The van der Waals surface area contributed by atoms with E-state index in [1.54, 1.807) is 42.5 Å². The van der Waals surface area contributed by atoms with Crippen molar-refractivity contribution >= 4 is 11.9 Å². The molecule has 2 N–H and O–H groups in total. The number of carboxylic acid groups (broad SMARTS) is 1. The van der Waals surface area contributed by atoms with Crippen LogP contribution in [0.5, 0.6) is 17.2 Å². The van der Waals surface area contributed by atoms with E-state index in [1.165, 1.54) is 7.11 Å². The number of benzene rings is 2. The number of nitrogens with one attached hydrogen (secondary N) is 1. The van der Waals surface area contributed by atoms with Crippen LogP contribution in [0.25, 0.3) is 0 Å². The van der Waals surface area contributed by atoms with Crippen molar-refractivity contribution in [3.05, 3.63) is 54.1 Å². The van der Waals surface area contributed by atoms with Gasteiger partial charge >= 0.3 is 5.97 Å². The average Bonchev–Trinajstić information content (AvgIpc) is 2.65. The Labute approximate surface area is 151 Å². The first-order valence-corrected chi connectivity index (χ1v) is 7.99. The first-order valence-electron chi connectivity index (χ1n) is 7.99. The van der Waals surface area contributed by atoms with E-state index in [4.69, 9.17) is 19.3 Å². The molecule has 0 saturated heterocycles. The van der Waals surface area contributed by atoms with Crippen molar-refractivity contribution in [2.24, 2.45) is 0 Å². The molecule has 0 radical (unpaired) electrons. The lowest BCUT2D eigenvalue weighted by Crippen LogP contribution is -2.31. The fourth-order valence-electron chi connectivity index (χ4n) is 2.25. The summed E-state index contributed by atoms with van der Waals surface area (Å²) in [6.45, 7) is 1.31. The summed E-state index contributed by atoms with van der Waals surface area (Å²) in [5, 5.41) is 11.4. The van der Waals surface area contributed by atoms with Crippen molar-refractivity contribution in [1.29, 1.82) is 0 Å². The highest BCUT2D eigenvalue weighted by molar-refractivity contribution is 5.78.